The summed E-state index contributed by atoms with van der Waals surface area (Å²) >= 11 is 0. The number of carbonyl (C=O) groups excluding carboxylic acids is 2. The van der Waals surface area contributed by atoms with E-state index in [0.29, 0.717) is 18.8 Å². The van der Waals surface area contributed by atoms with Gasteiger partial charge in [0.05, 0.1) is 19.8 Å². The number of ketones is 1. The second kappa shape index (κ2) is 7.63. The van der Waals surface area contributed by atoms with Crippen molar-refractivity contribution in [2.24, 2.45) is 0 Å². The number of nitrogens with zero attached hydrogens (tertiary/aromatic N) is 1. The average Bonchev–Trinajstić information content (AvgIpc) is 2.86. The lowest BCUT2D eigenvalue weighted by molar-refractivity contribution is -0.108. The molecule has 0 N–H and O–H groups in total. The van der Waals surface area contributed by atoms with Gasteiger partial charge in [0.1, 0.15) is 6.29 Å². The molecule has 0 unspecified atom stereocenters. The summed E-state index contributed by atoms with van der Waals surface area (Å²) in [5.74, 6) is -0.0146. The molecule has 118 valence electrons. The molecule has 0 aliphatic carbocycles. The first-order chi connectivity index (χ1) is 10.6. The lowest BCUT2D eigenvalue weighted by atomic mass is 10.1. The van der Waals surface area contributed by atoms with Gasteiger partial charge in [0.15, 0.2) is 5.78 Å². The number of aromatic nitrogens is 1. The largest absolute Gasteiger partial charge is 0.340 e. The summed E-state index contributed by atoms with van der Waals surface area (Å²) in [6.45, 7) is 6.73. The van der Waals surface area contributed by atoms with Gasteiger partial charge in [-0.15, -0.1) is 0 Å². The molecule has 0 bridgehead atoms. The number of hydrogen-bond donors (Lipinski definition) is 0. The Labute approximate surface area is 131 Å². The van der Waals surface area contributed by atoms with Crippen LogP contribution in [0.4, 0.5) is 0 Å². The predicted molar refractivity (Wildman–Crippen MR) is 87.8 cm³/mol. The molecule has 6 heteroatoms. The zero-order valence-electron chi connectivity index (χ0n) is 13.0. The van der Waals surface area contributed by atoms with Gasteiger partial charge in [0.2, 0.25) is 8.38 Å². The zero-order chi connectivity index (χ0) is 16.1. The van der Waals surface area contributed by atoms with Gasteiger partial charge >= 0.3 is 0 Å². The van der Waals surface area contributed by atoms with Crippen LogP contribution in [0.15, 0.2) is 24.4 Å². The molecule has 0 aliphatic rings. The van der Waals surface area contributed by atoms with E-state index in [1.807, 2.05) is 32.0 Å². The van der Waals surface area contributed by atoms with E-state index in [2.05, 4.69) is 0 Å². The van der Waals surface area contributed by atoms with E-state index < -0.39 is 8.38 Å². The molecule has 22 heavy (non-hydrogen) atoms. The molecular formula is C16H20NO4P. The zero-order valence-corrected chi connectivity index (χ0v) is 13.9. The maximum atomic E-state index is 11.8. The van der Waals surface area contributed by atoms with E-state index in [1.165, 1.54) is 6.92 Å². The van der Waals surface area contributed by atoms with Crippen molar-refractivity contribution in [1.29, 1.82) is 0 Å². The second-order valence-corrected chi connectivity index (χ2v) is 6.26. The summed E-state index contributed by atoms with van der Waals surface area (Å²) in [4.78, 5) is 22.6. The monoisotopic (exact) mass is 321 g/mol. The fraction of sp³-hybridized carbons (Fsp3) is 0.375. The van der Waals surface area contributed by atoms with Crippen molar-refractivity contribution in [2.75, 3.05) is 13.2 Å². The third-order valence-electron chi connectivity index (χ3n) is 3.22. The summed E-state index contributed by atoms with van der Waals surface area (Å²) in [7, 11) is -1.14. The molecule has 0 saturated heterocycles. The minimum absolute atomic E-state index is 0.0146. The summed E-state index contributed by atoms with van der Waals surface area (Å²) in [6, 6.07) is 5.77. The van der Waals surface area contributed by atoms with Crippen molar-refractivity contribution in [1.82, 2.24) is 4.57 Å². The Hall–Kier alpha value is -1.55. The molecule has 5 nitrogen and oxygen atoms in total. The minimum atomic E-state index is -1.14. The molecule has 1 aromatic heterocycles. The van der Waals surface area contributed by atoms with Crippen LogP contribution in [0.5, 0.6) is 0 Å². The van der Waals surface area contributed by atoms with Gasteiger partial charge in [-0.25, -0.2) is 0 Å². The Morgan fingerprint density at radius 3 is 2.50 bits per heavy atom. The van der Waals surface area contributed by atoms with E-state index in [1.54, 1.807) is 10.8 Å². The lowest BCUT2D eigenvalue weighted by Gasteiger charge is -2.16. The number of benzene rings is 1. The van der Waals surface area contributed by atoms with Gasteiger partial charge in [0, 0.05) is 28.0 Å². The average molecular weight is 321 g/mol. The maximum absolute atomic E-state index is 11.8. The van der Waals surface area contributed by atoms with Crippen molar-refractivity contribution in [3.63, 3.8) is 0 Å². The van der Waals surface area contributed by atoms with Gasteiger partial charge in [0.25, 0.3) is 0 Å². The first-order valence-electron chi connectivity index (χ1n) is 7.25. The SMILES string of the molecule is CCOP(OCC)c1ccc2c(C(C)=O)cn(CC=O)c2c1. The van der Waals surface area contributed by atoms with Crippen LogP contribution in [0.3, 0.4) is 0 Å². The molecule has 0 spiro atoms. The van der Waals surface area contributed by atoms with Crippen LogP contribution in [-0.2, 0) is 20.4 Å². The van der Waals surface area contributed by atoms with E-state index in [0.717, 1.165) is 22.5 Å². The van der Waals surface area contributed by atoms with Crippen LogP contribution in [0.1, 0.15) is 31.1 Å². The summed E-state index contributed by atoms with van der Waals surface area (Å²) in [5.41, 5.74) is 1.47. The lowest BCUT2D eigenvalue weighted by Crippen LogP contribution is -2.07. The molecule has 0 atom stereocenters. The standard InChI is InChI=1S/C16H20NO4P/c1-4-20-22(21-5-2)13-6-7-14-15(12(3)19)11-17(8-9-18)16(14)10-13/h6-7,9-11H,4-5,8H2,1-3H3. The summed E-state index contributed by atoms with van der Waals surface area (Å²) < 4.78 is 13.1. The van der Waals surface area contributed by atoms with E-state index in [4.69, 9.17) is 9.05 Å². The minimum Gasteiger partial charge on any atom is -0.340 e. The van der Waals surface area contributed by atoms with Crippen LogP contribution in [-0.4, -0.2) is 29.9 Å². The predicted octanol–water partition coefficient (Wildman–Crippen LogP) is 3.05. The number of hydrogen-bond acceptors (Lipinski definition) is 4. The van der Waals surface area contributed by atoms with Crippen LogP contribution in [0.2, 0.25) is 0 Å². The van der Waals surface area contributed by atoms with Crippen LogP contribution in [0, 0.1) is 0 Å². The van der Waals surface area contributed by atoms with Gasteiger partial charge in [-0.2, -0.15) is 0 Å². The second-order valence-electron chi connectivity index (χ2n) is 4.71. The Morgan fingerprint density at radius 2 is 1.95 bits per heavy atom. The summed E-state index contributed by atoms with van der Waals surface area (Å²) in [6.07, 6.45) is 2.55. The fourth-order valence-electron chi connectivity index (χ4n) is 2.33. The van der Waals surface area contributed by atoms with Crippen molar-refractivity contribution < 1.29 is 18.6 Å². The molecule has 0 saturated carbocycles. The molecule has 2 aromatic rings. The molecule has 0 fully saturated rings. The van der Waals surface area contributed by atoms with Crippen LogP contribution < -0.4 is 5.30 Å². The highest BCUT2D eigenvalue weighted by Crippen LogP contribution is 2.38. The highest BCUT2D eigenvalue weighted by molar-refractivity contribution is 7.56. The van der Waals surface area contributed by atoms with Crippen LogP contribution in [0.25, 0.3) is 10.9 Å². The Balaban J connectivity index is 2.53. The molecule has 1 aromatic carbocycles. The first-order valence-corrected chi connectivity index (χ1v) is 8.43. The number of fused-ring (bicyclic) bond motifs is 1. The van der Waals surface area contributed by atoms with Crippen molar-refractivity contribution in [2.45, 2.75) is 27.3 Å². The molecule has 0 radical (unpaired) electrons. The van der Waals surface area contributed by atoms with Gasteiger partial charge in [-0.05, 0) is 32.9 Å². The van der Waals surface area contributed by atoms with Gasteiger partial charge < -0.3 is 18.4 Å². The molecule has 1 heterocycles. The number of aldehydes is 1. The number of Topliss-reactive ketones (excluding diaryl/α,β-unsaturated/α-hetero) is 1. The van der Waals surface area contributed by atoms with Gasteiger partial charge in [-0.3, -0.25) is 4.79 Å². The van der Waals surface area contributed by atoms with Crippen molar-refractivity contribution in [3.05, 3.63) is 30.0 Å². The normalized spacial score (nSPS) is 11.3. The van der Waals surface area contributed by atoms with Crippen molar-refractivity contribution >= 4 is 36.7 Å². The van der Waals surface area contributed by atoms with Gasteiger partial charge in [-0.1, -0.05) is 6.07 Å². The maximum Gasteiger partial charge on any atom is 0.205 e. The third-order valence-corrected chi connectivity index (χ3v) is 4.91. The molecule has 0 amide bonds. The van der Waals surface area contributed by atoms with E-state index in [-0.39, 0.29) is 12.3 Å². The Morgan fingerprint density at radius 1 is 1.27 bits per heavy atom. The quantitative estimate of drug-likeness (QED) is 0.426. The number of carbonyl (C=O) groups is 2. The molecular weight excluding hydrogens is 301 g/mol. The topological polar surface area (TPSA) is 57.5 Å². The smallest absolute Gasteiger partial charge is 0.205 e. The first kappa shape index (κ1) is 16.8. The Kier molecular flexibility index (Phi) is 5.83. The van der Waals surface area contributed by atoms with Crippen molar-refractivity contribution in [3.8, 4) is 0 Å². The van der Waals surface area contributed by atoms with Crippen LogP contribution >= 0.6 is 8.38 Å². The highest BCUT2D eigenvalue weighted by Gasteiger charge is 2.17. The molecule has 2 rings (SSSR count). The number of rotatable bonds is 8. The Bertz CT molecular complexity index is 674. The van der Waals surface area contributed by atoms with E-state index >= 15 is 0 Å². The third kappa shape index (κ3) is 3.43. The van der Waals surface area contributed by atoms with E-state index in [9.17, 15) is 9.59 Å². The fourth-order valence-corrected chi connectivity index (χ4v) is 3.59. The molecule has 0 aliphatic heterocycles. The highest BCUT2D eigenvalue weighted by atomic mass is 31.2. The summed E-state index contributed by atoms with van der Waals surface area (Å²) in [5, 5.41) is 1.78.